The fraction of sp³-hybridized carbons (Fsp3) is 0.875. The molecule has 7 atom stereocenters. The van der Waals surface area contributed by atoms with Gasteiger partial charge in [-0.3, -0.25) is 4.79 Å². The van der Waals surface area contributed by atoms with Crippen molar-refractivity contribution in [3.63, 3.8) is 0 Å². The zero-order valence-electron chi connectivity index (χ0n) is 18.8. The van der Waals surface area contributed by atoms with Crippen LogP contribution in [-0.4, -0.2) is 41.1 Å². The predicted molar refractivity (Wildman–Crippen MR) is 111 cm³/mol. The van der Waals surface area contributed by atoms with Gasteiger partial charge in [0.2, 0.25) is 5.91 Å². The minimum atomic E-state index is -0.306. The lowest BCUT2D eigenvalue weighted by Crippen LogP contribution is -2.42. The van der Waals surface area contributed by atoms with Crippen molar-refractivity contribution in [2.24, 2.45) is 28.1 Å². The van der Waals surface area contributed by atoms with Crippen molar-refractivity contribution < 1.29 is 14.3 Å². The van der Waals surface area contributed by atoms with E-state index < -0.39 is 0 Å². The smallest absolute Gasteiger partial charge is 0.407 e. The van der Waals surface area contributed by atoms with Crippen molar-refractivity contribution in [1.82, 2.24) is 10.2 Å². The number of ether oxygens (including phenoxy) is 1. The molecule has 1 heterocycles. The van der Waals surface area contributed by atoms with Gasteiger partial charge in [-0.25, -0.2) is 4.79 Å². The molecule has 3 unspecified atom stereocenters. The molecular formula is C24H35N3O3. The van der Waals surface area contributed by atoms with Crippen LogP contribution in [0.4, 0.5) is 4.79 Å². The Kier molecular flexibility index (Phi) is 4.13. The first-order valence-corrected chi connectivity index (χ1v) is 11.7. The van der Waals surface area contributed by atoms with Crippen molar-refractivity contribution in [3.8, 4) is 6.07 Å². The predicted octanol–water partition coefficient (Wildman–Crippen LogP) is 4.00. The van der Waals surface area contributed by atoms with Crippen LogP contribution in [-0.2, 0) is 9.53 Å². The van der Waals surface area contributed by atoms with E-state index >= 15 is 0 Å². The maximum absolute atomic E-state index is 13.0. The number of fused-ring (bicyclic) bond motifs is 4. The first-order chi connectivity index (χ1) is 14.0. The van der Waals surface area contributed by atoms with Gasteiger partial charge in [0.25, 0.3) is 0 Å². The molecule has 2 amide bonds. The second kappa shape index (κ2) is 6.14. The van der Waals surface area contributed by atoms with Gasteiger partial charge >= 0.3 is 6.09 Å². The highest BCUT2D eigenvalue weighted by Gasteiger charge is 2.90. The molecule has 5 rings (SSSR count). The largest absolute Gasteiger partial charge is 0.446 e. The number of nitriles is 1. The summed E-state index contributed by atoms with van der Waals surface area (Å²) < 4.78 is 5.76. The van der Waals surface area contributed by atoms with Crippen LogP contribution in [0.25, 0.3) is 0 Å². The molecule has 164 valence electrons. The van der Waals surface area contributed by atoms with Crippen LogP contribution in [0.2, 0.25) is 0 Å². The number of nitrogens with zero attached hydrogens (tertiary/aromatic N) is 2. The van der Waals surface area contributed by atoms with Gasteiger partial charge in [0.1, 0.15) is 12.1 Å². The summed E-state index contributed by atoms with van der Waals surface area (Å²) in [7, 11) is 0. The summed E-state index contributed by atoms with van der Waals surface area (Å²) in [5.74, 6) is 1.51. The fourth-order valence-electron chi connectivity index (χ4n) is 7.73. The summed E-state index contributed by atoms with van der Waals surface area (Å²) in [6.07, 6.45) is 7.57. The van der Waals surface area contributed by atoms with E-state index in [1.54, 1.807) is 0 Å². The number of hydrogen-bond donors (Lipinski definition) is 1. The first kappa shape index (κ1) is 20.2. The minimum absolute atomic E-state index is 0.00773. The Morgan fingerprint density at radius 2 is 2.03 bits per heavy atom. The maximum atomic E-state index is 13.0. The summed E-state index contributed by atoms with van der Waals surface area (Å²) in [5.41, 5.74) is 0.509. The molecule has 0 aromatic carbocycles. The molecule has 1 saturated heterocycles. The average molecular weight is 414 g/mol. The van der Waals surface area contributed by atoms with E-state index in [4.69, 9.17) is 4.74 Å². The molecule has 1 aliphatic heterocycles. The van der Waals surface area contributed by atoms with Gasteiger partial charge in [0.15, 0.2) is 0 Å². The SMILES string of the molecule is CC(C)(C)NC(=O)OC1C[C@@H]2C[C@@]3(C[C@]2(C)C1)C1CC13CC(=O)N1CCC[C@H]1C#N. The summed E-state index contributed by atoms with van der Waals surface area (Å²) in [4.78, 5) is 27.0. The molecule has 5 aliphatic rings. The van der Waals surface area contributed by atoms with Crippen molar-refractivity contribution >= 4 is 12.0 Å². The second-order valence-electron chi connectivity index (χ2n) is 12.2. The second-order valence-corrected chi connectivity index (χ2v) is 12.2. The topological polar surface area (TPSA) is 82.4 Å². The Bertz CT molecular complexity index is 829. The molecule has 0 aromatic rings. The molecule has 0 radical (unpaired) electrons. The number of carbonyl (C=O) groups is 2. The van der Waals surface area contributed by atoms with E-state index in [-0.39, 0.29) is 40.5 Å². The Morgan fingerprint density at radius 3 is 2.67 bits per heavy atom. The molecule has 6 heteroatoms. The number of alkyl carbamates (subject to hydrolysis) is 1. The zero-order valence-corrected chi connectivity index (χ0v) is 18.8. The third-order valence-electron chi connectivity index (χ3n) is 9.15. The van der Waals surface area contributed by atoms with Crippen LogP contribution in [0.15, 0.2) is 0 Å². The number of likely N-dealkylation sites (tertiary alicyclic amines) is 1. The lowest BCUT2D eigenvalue weighted by atomic mass is 9.78. The van der Waals surface area contributed by atoms with Gasteiger partial charge < -0.3 is 15.0 Å². The Morgan fingerprint density at radius 1 is 1.27 bits per heavy atom. The van der Waals surface area contributed by atoms with Gasteiger partial charge in [-0.05, 0) is 93.8 Å². The summed E-state index contributed by atoms with van der Waals surface area (Å²) in [6, 6.07) is 2.10. The van der Waals surface area contributed by atoms with Crippen LogP contribution < -0.4 is 5.32 Å². The zero-order chi connectivity index (χ0) is 21.5. The summed E-state index contributed by atoms with van der Waals surface area (Å²) in [5, 5.41) is 12.2. The van der Waals surface area contributed by atoms with E-state index in [2.05, 4.69) is 18.3 Å². The van der Waals surface area contributed by atoms with Crippen molar-refractivity contribution in [2.45, 2.75) is 96.7 Å². The molecule has 0 aromatic heterocycles. The van der Waals surface area contributed by atoms with Crippen LogP contribution >= 0.6 is 0 Å². The van der Waals surface area contributed by atoms with Gasteiger partial charge in [-0.2, -0.15) is 5.26 Å². The fourth-order valence-corrected chi connectivity index (χ4v) is 7.73. The van der Waals surface area contributed by atoms with E-state index in [1.165, 1.54) is 19.3 Å². The molecule has 4 aliphatic carbocycles. The van der Waals surface area contributed by atoms with E-state index in [0.29, 0.717) is 23.7 Å². The van der Waals surface area contributed by atoms with Crippen LogP contribution in [0.1, 0.15) is 79.1 Å². The third-order valence-corrected chi connectivity index (χ3v) is 9.15. The van der Waals surface area contributed by atoms with Crippen molar-refractivity contribution in [2.75, 3.05) is 6.54 Å². The molecule has 1 N–H and O–H groups in total. The summed E-state index contributed by atoms with van der Waals surface area (Å²) in [6.45, 7) is 9.01. The highest BCUT2D eigenvalue weighted by molar-refractivity contribution is 5.80. The van der Waals surface area contributed by atoms with E-state index in [9.17, 15) is 14.9 Å². The Labute approximate surface area is 179 Å². The van der Waals surface area contributed by atoms with Crippen molar-refractivity contribution in [1.29, 1.82) is 5.26 Å². The number of nitrogens with one attached hydrogen (secondary N) is 1. The van der Waals surface area contributed by atoms with Crippen LogP contribution in [0.3, 0.4) is 0 Å². The number of carbonyl (C=O) groups excluding carboxylic acids is 2. The third kappa shape index (κ3) is 2.87. The number of amides is 2. The van der Waals surface area contributed by atoms with Crippen LogP contribution in [0.5, 0.6) is 0 Å². The Balaban J connectivity index is 1.19. The lowest BCUT2D eigenvalue weighted by Gasteiger charge is -2.29. The van der Waals surface area contributed by atoms with Gasteiger partial charge in [0, 0.05) is 18.5 Å². The molecule has 6 nitrogen and oxygen atoms in total. The average Bonchev–Trinajstić information content (AvgIpc) is 3.19. The molecule has 30 heavy (non-hydrogen) atoms. The highest BCUT2D eigenvalue weighted by Crippen LogP contribution is 2.96. The van der Waals surface area contributed by atoms with Crippen molar-refractivity contribution in [3.05, 3.63) is 0 Å². The van der Waals surface area contributed by atoms with Crippen LogP contribution in [0, 0.1) is 39.4 Å². The normalized spacial score (nSPS) is 45.6. The molecule has 4 saturated carbocycles. The standard InChI is InChI=1S/C24H35N3O3/c1-21(2,3)26-20(29)30-17-8-15-9-24(14-22(15,4)10-17)18-11-23(18,24)12-19(28)27-7-5-6-16(27)13-25/h15-18H,5-12,14H2,1-4H3,(H,26,29)/t15-,16+,17?,18?,22+,23?,24-/m1/s1. The lowest BCUT2D eigenvalue weighted by molar-refractivity contribution is -0.132. The highest BCUT2D eigenvalue weighted by atomic mass is 16.6. The summed E-state index contributed by atoms with van der Waals surface area (Å²) >= 11 is 0. The van der Waals surface area contributed by atoms with E-state index in [1.807, 2.05) is 25.7 Å². The van der Waals surface area contributed by atoms with E-state index in [0.717, 1.165) is 32.2 Å². The molecule has 5 fully saturated rings. The Hall–Kier alpha value is -1.77. The minimum Gasteiger partial charge on any atom is -0.446 e. The van der Waals surface area contributed by atoms with Gasteiger partial charge in [-0.15, -0.1) is 0 Å². The number of rotatable bonds is 3. The monoisotopic (exact) mass is 413 g/mol. The van der Waals surface area contributed by atoms with Gasteiger partial charge in [0.05, 0.1) is 6.07 Å². The first-order valence-electron chi connectivity index (χ1n) is 11.7. The van der Waals surface area contributed by atoms with Gasteiger partial charge in [-0.1, -0.05) is 6.92 Å². The molecular weight excluding hydrogens is 378 g/mol. The number of hydrogen-bond acceptors (Lipinski definition) is 4. The quantitative estimate of drug-likeness (QED) is 0.758. The molecule has 0 bridgehead atoms. The maximum Gasteiger partial charge on any atom is 0.407 e. The molecule has 1 spiro atoms.